The molecule has 6 heteroatoms. The van der Waals surface area contributed by atoms with Gasteiger partial charge in [-0.05, 0) is 37.7 Å². The van der Waals surface area contributed by atoms with Gasteiger partial charge in [0, 0.05) is 43.5 Å². The number of ether oxygens (including phenoxy) is 1. The number of aryl methyl sites for hydroxylation is 1. The van der Waals surface area contributed by atoms with E-state index in [9.17, 15) is 4.79 Å². The number of hydrogen-bond acceptors (Lipinski definition) is 4. The first kappa shape index (κ1) is 21.1. The topological polar surface area (TPSA) is 59.4 Å². The summed E-state index contributed by atoms with van der Waals surface area (Å²) in [7, 11) is 0. The van der Waals surface area contributed by atoms with Gasteiger partial charge >= 0.3 is 0 Å². The van der Waals surface area contributed by atoms with Crippen molar-refractivity contribution in [3.8, 4) is 0 Å². The molecule has 162 valence electrons. The van der Waals surface area contributed by atoms with Crippen LogP contribution in [-0.2, 0) is 30.7 Å². The molecule has 4 rings (SSSR count). The molecule has 0 saturated carbocycles. The van der Waals surface area contributed by atoms with Crippen LogP contribution >= 0.6 is 0 Å². The lowest BCUT2D eigenvalue weighted by Gasteiger charge is -2.28. The van der Waals surface area contributed by atoms with Crippen LogP contribution in [0.5, 0.6) is 0 Å². The second kappa shape index (κ2) is 9.31. The van der Waals surface area contributed by atoms with Gasteiger partial charge in [-0.1, -0.05) is 43.7 Å². The zero-order valence-corrected chi connectivity index (χ0v) is 18.5. The first-order valence-electron chi connectivity index (χ1n) is 11.3. The summed E-state index contributed by atoms with van der Waals surface area (Å²) in [6, 6.07) is 9.01. The van der Waals surface area contributed by atoms with E-state index in [0.717, 1.165) is 37.9 Å². The van der Waals surface area contributed by atoms with Gasteiger partial charge in [-0.15, -0.1) is 0 Å². The van der Waals surface area contributed by atoms with Gasteiger partial charge in [0.1, 0.15) is 0 Å². The fraction of sp³-hybridized carbons (Fsp3) is 0.583. The van der Waals surface area contributed by atoms with Gasteiger partial charge in [-0.3, -0.25) is 9.48 Å². The Kier molecular flexibility index (Phi) is 6.54. The van der Waals surface area contributed by atoms with E-state index in [4.69, 9.17) is 9.84 Å². The normalized spacial score (nSPS) is 19.2. The first-order valence-corrected chi connectivity index (χ1v) is 11.3. The van der Waals surface area contributed by atoms with Crippen molar-refractivity contribution in [2.75, 3.05) is 26.3 Å². The number of amides is 1. The minimum absolute atomic E-state index is 0.0661. The van der Waals surface area contributed by atoms with Gasteiger partial charge in [0.05, 0.1) is 13.2 Å². The maximum Gasteiger partial charge on any atom is 0.274 e. The van der Waals surface area contributed by atoms with Crippen LogP contribution in [0.25, 0.3) is 0 Å². The molecule has 1 atom stereocenters. The Hall–Kier alpha value is -2.18. The Morgan fingerprint density at radius 1 is 1.30 bits per heavy atom. The third-order valence-electron chi connectivity index (χ3n) is 6.06. The van der Waals surface area contributed by atoms with E-state index in [1.54, 1.807) is 0 Å². The Balaban J connectivity index is 1.53. The average molecular weight is 411 g/mol. The Bertz CT molecular complexity index is 883. The lowest BCUT2D eigenvalue weighted by atomic mass is 9.90. The van der Waals surface area contributed by atoms with Gasteiger partial charge in [0.15, 0.2) is 5.69 Å². The van der Waals surface area contributed by atoms with Crippen LogP contribution in [0.2, 0.25) is 0 Å². The number of benzene rings is 1. The lowest BCUT2D eigenvalue weighted by molar-refractivity contribution is 0.0297. The van der Waals surface area contributed by atoms with E-state index in [1.165, 1.54) is 16.8 Å². The molecular weight excluding hydrogens is 376 g/mol. The first-order chi connectivity index (χ1) is 14.5. The number of nitrogens with one attached hydrogen (secondary N) is 1. The summed E-state index contributed by atoms with van der Waals surface area (Å²) in [5, 5.41) is 8.55. The van der Waals surface area contributed by atoms with Crippen LogP contribution in [0.15, 0.2) is 24.3 Å². The predicted molar refractivity (Wildman–Crippen MR) is 118 cm³/mol. The second-order valence-corrected chi connectivity index (χ2v) is 9.06. The third kappa shape index (κ3) is 4.76. The molecule has 0 radical (unpaired) electrons. The van der Waals surface area contributed by atoms with Crippen LogP contribution in [-0.4, -0.2) is 52.9 Å². The summed E-state index contributed by atoms with van der Waals surface area (Å²) >= 11 is 0. The molecule has 1 N–H and O–H groups in total. The second-order valence-electron chi connectivity index (χ2n) is 9.06. The molecule has 2 heterocycles. The number of nitrogens with zero attached hydrogens (tertiary/aromatic N) is 3. The summed E-state index contributed by atoms with van der Waals surface area (Å²) in [6.45, 7) is 10.8. The standard InChI is InChI=1S/C24H34N4O2/c1-17(2)16-28-22-8-7-20(25-15-19-6-4-5-18(3)13-19)14-21(22)23(26-28)24(29)27-9-11-30-12-10-27/h4-6,13,17,20,25H,7-12,14-16H2,1-3H3. The minimum Gasteiger partial charge on any atom is -0.378 e. The van der Waals surface area contributed by atoms with Crippen molar-refractivity contribution in [3.63, 3.8) is 0 Å². The largest absolute Gasteiger partial charge is 0.378 e. The number of morpholine rings is 1. The Morgan fingerprint density at radius 3 is 2.83 bits per heavy atom. The van der Waals surface area contributed by atoms with E-state index < -0.39 is 0 Å². The highest BCUT2D eigenvalue weighted by Gasteiger charge is 2.31. The Morgan fingerprint density at radius 2 is 2.10 bits per heavy atom. The van der Waals surface area contributed by atoms with Crippen molar-refractivity contribution in [2.45, 2.75) is 59.2 Å². The number of fused-ring (bicyclic) bond motifs is 1. The highest BCUT2D eigenvalue weighted by Crippen LogP contribution is 2.27. The maximum atomic E-state index is 13.3. The highest BCUT2D eigenvalue weighted by atomic mass is 16.5. The van der Waals surface area contributed by atoms with Crippen LogP contribution in [0.4, 0.5) is 0 Å². The fourth-order valence-electron chi connectivity index (χ4n) is 4.53. The molecule has 30 heavy (non-hydrogen) atoms. The molecule has 2 aliphatic rings. The summed E-state index contributed by atoms with van der Waals surface area (Å²) in [6.07, 6.45) is 2.91. The van der Waals surface area contributed by atoms with Crippen molar-refractivity contribution in [1.29, 1.82) is 0 Å². The fourth-order valence-corrected chi connectivity index (χ4v) is 4.53. The maximum absolute atomic E-state index is 13.3. The van der Waals surface area contributed by atoms with Gasteiger partial charge in [-0.25, -0.2) is 0 Å². The van der Waals surface area contributed by atoms with Gasteiger partial charge in [-0.2, -0.15) is 5.10 Å². The summed E-state index contributed by atoms with van der Waals surface area (Å²) in [4.78, 5) is 15.2. The average Bonchev–Trinajstić information content (AvgIpc) is 3.09. The number of rotatable bonds is 6. The van der Waals surface area contributed by atoms with E-state index in [0.29, 0.717) is 44.0 Å². The summed E-state index contributed by atoms with van der Waals surface area (Å²) < 4.78 is 7.53. The molecule has 2 aromatic rings. The molecule has 1 aromatic carbocycles. The monoisotopic (exact) mass is 410 g/mol. The molecule has 6 nitrogen and oxygen atoms in total. The molecule has 1 fully saturated rings. The number of hydrogen-bond donors (Lipinski definition) is 1. The molecule has 1 aliphatic heterocycles. The number of carbonyl (C=O) groups excluding carboxylic acids is 1. The molecule has 1 saturated heterocycles. The quantitative estimate of drug-likeness (QED) is 0.795. The molecule has 1 aliphatic carbocycles. The van der Waals surface area contributed by atoms with Crippen LogP contribution in [0, 0.1) is 12.8 Å². The van der Waals surface area contributed by atoms with Crippen molar-refractivity contribution >= 4 is 5.91 Å². The van der Waals surface area contributed by atoms with Crippen molar-refractivity contribution in [2.24, 2.45) is 5.92 Å². The zero-order chi connectivity index (χ0) is 21.1. The van der Waals surface area contributed by atoms with Gasteiger partial charge < -0.3 is 15.0 Å². The lowest BCUT2D eigenvalue weighted by Crippen LogP contribution is -2.41. The van der Waals surface area contributed by atoms with Gasteiger partial charge in [0.25, 0.3) is 5.91 Å². The van der Waals surface area contributed by atoms with E-state index >= 15 is 0 Å². The van der Waals surface area contributed by atoms with Gasteiger partial charge in [0.2, 0.25) is 0 Å². The molecule has 1 unspecified atom stereocenters. The smallest absolute Gasteiger partial charge is 0.274 e. The van der Waals surface area contributed by atoms with Crippen LogP contribution in [0.1, 0.15) is 53.1 Å². The van der Waals surface area contributed by atoms with Crippen molar-refractivity contribution < 1.29 is 9.53 Å². The zero-order valence-electron chi connectivity index (χ0n) is 18.5. The highest BCUT2D eigenvalue weighted by molar-refractivity contribution is 5.94. The SMILES string of the molecule is Cc1cccc(CNC2CCc3c(c(C(=O)N4CCOCC4)nn3CC(C)C)C2)c1. The van der Waals surface area contributed by atoms with Crippen molar-refractivity contribution in [1.82, 2.24) is 20.0 Å². The molecule has 0 bridgehead atoms. The summed E-state index contributed by atoms with van der Waals surface area (Å²) in [5.74, 6) is 0.564. The van der Waals surface area contributed by atoms with Crippen molar-refractivity contribution in [3.05, 3.63) is 52.3 Å². The number of carbonyl (C=O) groups is 1. The number of aromatic nitrogens is 2. The van der Waals surface area contributed by atoms with E-state index in [2.05, 4.69) is 55.0 Å². The minimum atomic E-state index is 0.0661. The molecule has 1 aromatic heterocycles. The third-order valence-corrected chi connectivity index (χ3v) is 6.06. The molecular formula is C24H34N4O2. The van der Waals surface area contributed by atoms with E-state index in [-0.39, 0.29) is 5.91 Å². The molecule has 1 amide bonds. The molecule has 0 spiro atoms. The summed E-state index contributed by atoms with van der Waals surface area (Å²) in [5.41, 5.74) is 5.66. The Labute approximate surface area is 179 Å². The van der Waals surface area contributed by atoms with Crippen LogP contribution < -0.4 is 5.32 Å². The van der Waals surface area contributed by atoms with Crippen LogP contribution in [0.3, 0.4) is 0 Å². The van der Waals surface area contributed by atoms with E-state index in [1.807, 2.05) is 4.90 Å². The predicted octanol–water partition coefficient (Wildman–Crippen LogP) is 2.97.